The minimum atomic E-state index is 0.152. The maximum absolute atomic E-state index is 12.1. The molecule has 0 saturated carbocycles. The largest absolute Gasteiger partial charge is 0.320 e. The second kappa shape index (κ2) is 4.38. The van der Waals surface area contributed by atoms with E-state index in [0.717, 1.165) is 31.4 Å². The number of amides is 1. The average Bonchev–Trinajstić information content (AvgIpc) is 2.47. The van der Waals surface area contributed by atoms with Gasteiger partial charge in [-0.3, -0.25) is 4.79 Å². The summed E-state index contributed by atoms with van der Waals surface area (Å²) in [5.74, 6) is 0.415. The van der Waals surface area contributed by atoms with Gasteiger partial charge in [0.15, 0.2) is 0 Å². The fourth-order valence-corrected chi connectivity index (χ4v) is 2.56. The molecular weight excluding hydrogens is 186 g/mol. The highest BCUT2D eigenvalue weighted by atomic mass is 16.2. The third-order valence-corrected chi connectivity index (χ3v) is 4.01. The van der Waals surface area contributed by atoms with Crippen LogP contribution in [0, 0.1) is 11.3 Å². The summed E-state index contributed by atoms with van der Waals surface area (Å²) in [6.07, 6.45) is 4.18. The summed E-state index contributed by atoms with van der Waals surface area (Å²) >= 11 is 0. The second-order valence-corrected chi connectivity index (χ2v) is 4.98. The monoisotopic (exact) mass is 209 g/mol. The molecule has 0 aromatic heterocycles. The number of carbonyl (C=O) groups excluding carboxylic acids is 1. The van der Waals surface area contributed by atoms with Crippen LogP contribution in [-0.4, -0.2) is 17.9 Å². The maximum atomic E-state index is 12.1. The Labute approximate surface area is 93.3 Å². The minimum absolute atomic E-state index is 0.152. The molecule has 2 heteroatoms. The van der Waals surface area contributed by atoms with E-state index in [9.17, 15) is 4.79 Å². The van der Waals surface area contributed by atoms with Crippen LogP contribution in [0.3, 0.4) is 0 Å². The van der Waals surface area contributed by atoms with Gasteiger partial charge in [-0.1, -0.05) is 33.8 Å². The first-order valence-electron chi connectivity index (χ1n) is 5.91. The van der Waals surface area contributed by atoms with Crippen molar-refractivity contribution in [2.24, 2.45) is 11.3 Å². The molecule has 1 heterocycles. The number of allylic oxidation sites excluding steroid dienone is 1. The molecule has 0 aromatic rings. The highest BCUT2D eigenvalue weighted by Gasteiger charge is 2.43. The standard InChI is InChI=1S/C13H23NO/c1-6-8-13(4,7-2)11-9-10(3)14(5)12(11)15/h11H,3,6-9H2,1-2,4-5H3. The number of likely N-dealkylation sites (tertiary alicyclic amines) is 1. The number of rotatable bonds is 4. The summed E-state index contributed by atoms with van der Waals surface area (Å²) in [6, 6.07) is 0. The molecule has 0 bridgehead atoms. The lowest BCUT2D eigenvalue weighted by atomic mass is 9.71. The van der Waals surface area contributed by atoms with Gasteiger partial charge in [0.1, 0.15) is 0 Å². The summed E-state index contributed by atoms with van der Waals surface area (Å²) in [4.78, 5) is 13.8. The second-order valence-electron chi connectivity index (χ2n) is 4.98. The van der Waals surface area contributed by atoms with Gasteiger partial charge in [0.25, 0.3) is 0 Å². The third kappa shape index (κ3) is 2.09. The zero-order valence-electron chi connectivity index (χ0n) is 10.5. The van der Waals surface area contributed by atoms with Crippen LogP contribution >= 0.6 is 0 Å². The molecule has 2 nitrogen and oxygen atoms in total. The molecular formula is C13H23NO. The van der Waals surface area contributed by atoms with Gasteiger partial charge in [-0.25, -0.2) is 0 Å². The fraction of sp³-hybridized carbons (Fsp3) is 0.769. The molecule has 1 amide bonds. The van der Waals surface area contributed by atoms with Gasteiger partial charge in [-0.15, -0.1) is 0 Å². The van der Waals surface area contributed by atoms with Crippen LogP contribution in [0.25, 0.3) is 0 Å². The Hall–Kier alpha value is -0.790. The number of hydrogen-bond acceptors (Lipinski definition) is 1. The molecule has 0 aliphatic carbocycles. The van der Waals surface area contributed by atoms with Crippen molar-refractivity contribution in [1.82, 2.24) is 4.90 Å². The first-order valence-corrected chi connectivity index (χ1v) is 5.91. The van der Waals surface area contributed by atoms with Crippen molar-refractivity contribution in [3.05, 3.63) is 12.3 Å². The van der Waals surface area contributed by atoms with Gasteiger partial charge >= 0.3 is 0 Å². The Balaban J connectivity index is 2.87. The van der Waals surface area contributed by atoms with Crippen LogP contribution in [0.15, 0.2) is 12.3 Å². The molecule has 0 spiro atoms. The zero-order chi connectivity index (χ0) is 11.6. The smallest absolute Gasteiger partial charge is 0.230 e. The Morgan fingerprint density at radius 2 is 2.13 bits per heavy atom. The number of hydrogen-bond donors (Lipinski definition) is 0. The Kier molecular flexibility index (Phi) is 3.58. The Morgan fingerprint density at radius 1 is 1.53 bits per heavy atom. The van der Waals surface area contributed by atoms with E-state index < -0.39 is 0 Å². The van der Waals surface area contributed by atoms with Gasteiger partial charge in [0, 0.05) is 18.7 Å². The van der Waals surface area contributed by atoms with Crippen molar-refractivity contribution in [2.75, 3.05) is 7.05 Å². The molecule has 1 rings (SSSR count). The van der Waals surface area contributed by atoms with E-state index in [-0.39, 0.29) is 17.2 Å². The highest BCUT2D eigenvalue weighted by Crippen LogP contribution is 2.44. The summed E-state index contributed by atoms with van der Waals surface area (Å²) in [5, 5.41) is 0. The van der Waals surface area contributed by atoms with Gasteiger partial charge in [-0.2, -0.15) is 0 Å². The van der Waals surface area contributed by atoms with E-state index in [1.165, 1.54) is 0 Å². The first-order chi connectivity index (χ1) is 6.96. The van der Waals surface area contributed by atoms with Crippen LogP contribution in [0.2, 0.25) is 0 Å². The molecule has 2 atom stereocenters. The van der Waals surface area contributed by atoms with Gasteiger partial charge < -0.3 is 4.90 Å². The van der Waals surface area contributed by atoms with Crippen molar-refractivity contribution in [3.63, 3.8) is 0 Å². The van der Waals surface area contributed by atoms with Crippen LogP contribution in [-0.2, 0) is 4.79 Å². The quantitative estimate of drug-likeness (QED) is 0.696. The molecule has 0 aromatic carbocycles. The Morgan fingerprint density at radius 3 is 2.47 bits per heavy atom. The van der Waals surface area contributed by atoms with Crippen molar-refractivity contribution in [1.29, 1.82) is 0 Å². The van der Waals surface area contributed by atoms with Crippen LogP contribution < -0.4 is 0 Å². The van der Waals surface area contributed by atoms with Crippen molar-refractivity contribution < 1.29 is 4.79 Å². The number of carbonyl (C=O) groups is 1. The Bertz CT molecular complexity index is 272. The lowest BCUT2D eigenvalue weighted by Crippen LogP contribution is -2.33. The molecule has 2 unspecified atom stereocenters. The molecule has 1 aliphatic heterocycles. The van der Waals surface area contributed by atoms with E-state index in [2.05, 4.69) is 27.4 Å². The summed E-state index contributed by atoms with van der Waals surface area (Å²) in [6.45, 7) is 10.6. The summed E-state index contributed by atoms with van der Waals surface area (Å²) in [7, 11) is 1.84. The molecule has 15 heavy (non-hydrogen) atoms. The van der Waals surface area contributed by atoms with Crippen molar-refractivity contribution in [3.8, 4) is 0 Å². The van der Waals surface area contributed by atoms with Gasteiger partial charge in [-0.05, 0) is 24.7 Å². The van der Waals surface area contributed by atoms with E-state index in [1.54, 1.807) is 4.90 Å². The van der Waals surface area contributed by atoms with Crippen molar-refractivity contribution >= 4 is 5.91 Å². The summed E-state index contributed by atoms with van der Waals surface area (Å²) in [5.41, 5.74) is 1.13. The van der Waals surface area contributed by atoms with Crippen LogP contribution in [0.4, 0.5) is 0 Å². The minimum Gasteiger partial charge on any atom is -0.320 e. The highest BCUT2D eigenvalue weighted by molar-refractivity contribution is 5.84. The predicted octanol–water partition coefficient (Wildman–Crippen LogP) is 3.19. The summed E-state index contributed by atoms with van der Waals surface area (Å²) < 4.78 is 0. The fourth-order valence-electron chi connectivity index (χ4n) is 2.56. The third-order valence-electron chi connectivity index (χ3n) is 4.01. The van der Waals surface area contributed by atoms with Crippen molar-refractivity contribution in [2.45, 2.75) is 46.5 Å². The molecule has 1 aliphatic rings. The zero-order valence-corrected chi connectivity index (χ0v) is 10.5. The maximum Gasteiger partial charge on any atom is 0.230 e. The van der Waals surface area contributed by atoms with E-state index in [4.69, 9.17) is 0 Å². The predicted molar refractivity (Wildman–Crippen MR) is 63.3 cm³/mol. The lowest BCUT2D eigenvalue weighted by Gasteiger charge is -2.33. The van der Waals surface area contributed by atoms with E-state index in [0.29, 0.717) is 0 Å². The van der Waals surface area contributed by atoms with E-state index >= 15 is 0 Å². The average molecular weight is 209 g/mol. The first kappa shape index (κ1) is 12.3. The SMILES string of the molecule is C=C1CC(C(C)(CC)CCC)C(=O)N1C. The van der Waals surface area contributed by atoms with E-state index in [1.807, 2.05) is 7.05 Å². The number of nitrogens with zero attached hydrogens (tertiary/aromatic N) is 1. The van der Waals surface area contributed by atoms with Crippen LogP contribution in [0.1, 0.15) is 46.5 Å². The molecule has 0 radical (unpaired) electrons. The lowest BCUT2D eigenvalue weighted by molar-refractivity contribution is -0.132. The molecule has 1 saturated heterocycles. The van der Waals surface area contributed by atoms with Gasteiger partial charge in [0.05, 0.1) is 0 Å². The van der Waals surface area contributed by atoms with Crippen LogP contribution in [0.5, 0.6) is 0 Å². The van der Waals surface area contributed by atoms with Gasteiger partial charge in [0.2, 0.25) is 5.91 Å². The molecule has 1 fully saturated rings. The molecule has 86 valence electrons. The topological polar surface area (TPSA) is 20.3 Å². The molecule has 0 N–H and O–H groups in total. The normalized spacial score (nSPS) is 25.9.